The third-order valence-corrected chi connectivity index (χ3v) is 6.12. The Labute approximate surface area is 191 Å². The van der Waals surface area contributed by atoms with Crippen LogP contribution in [0.25, 0.3) is 21.8 Å². The van der Waals surface area contributed by atoms with Crippen molar-refractivity contribution >= 4 is 34.8 Å². The maximum absolute atomic E-state index is 14.3. The number of nitrogens with zero attached hydrogens (tertiary/aromatic N) is 2. The van der Waals surface area contributed by atoms with E-state index in [1.807, 2.05) is 30.3 Å². The number of benzene rings is 2. The number of halogens is 2. The normalized spacial score (nSPS) is 10.8. The van der Waals surface area contributed by atoms with Crippen molar-refractivity contribution in [3.05, 3.63) is 81.3 Å². The standard InChI is InChI=1S/C22H16ClFN4O3S/c1-11-19(32-22(25-11)13-7-4-3-5-8-13)21(30)27-26-20(29)16-12(2)31-28-18(16)17-14(23)9-6-10-15(17)24/h3-10H,1-2H3,(H,26,29)(H,27,30). The van der Waals surface area contributed by atoms with Crippen molar-refractivity contribution in [1.29, 1.82) is 0 Å². The molecule has 0 aliphatic rings. The van der Waals surface area contributed by atoms with Crippen LogP contribution in [-0.2, 0) is 0 Å². The van der Waals surface area contributed by atoms with Gasteiger partial charge >= 0.3 is 0 Å². The second-order valence-corrected chi connectivity index (χ2v) is 8.17. The Balaban J connectivity index is 1.54. The first kappa shape index (κ1) is 21.7. The predicted molar refractivity (Wildman–Crippen MR) is 119 cm³/mol. The largest absolute Gasteiger partial charge is 0.360 e. The van der Waals surface area contributed by atoms with E-state index in [1.165, 1.54) is 36.5 Å². The van der Waals surface area contributed by atoms with Crippen LogP contribution in [0, 0.1) is 19.7 Å². The van der Waals surface area contributed by atoms with Crippen molar-refractivity contribution in [2.45, 2.75) is 13.8 Å². The van der Waals surface area contributed by atoms with Gasteiger partial charge in [0.25, 0.3) is 11.8 Å². The highest BCUT2D eigenvalue weighted by Gasteiger charge is 2.26. The van der Waals surface area contributed by atoms with E-state index in [0.29, 0.717) is 15.6 Å². The Morgan fingerprint density at radius 3 is 2.47 bits per heavy atom. The zero-order valence-electron chi connectivity index (χ0n) is 16.9. The molecule has 2 N–H and O–H groups in total. The predicted octanol–water partition coefficient (Wildman–Crippen LogP) is 4.95. The van der Waals surface area contributed by atoms with Crippen LogP contribution in [-0.4, -0.2) is 22.0 Å². The number of thiazole rings is 1. The van der Waals surface area contributed by atoms with Crippen molar-refractivity contribution in [1.82, 2.24) is 21.0 Å². The molecule has 10 heteroatoms. The molecule has 7 nitrogen and oxygen atoms in total. The van der Waals surface area contributed by atoms with Crippen LogP contribution in [0.1, 0.15) is 31.5 Å². The highest BCUT2D eigenvalue weighted by atomic mass is 35.5. The average molecular weight is 471 g/mol. The van der Waals surface area contributed by atoms with Gasteiger partial charge in [-0.3, -0.25) is 20.4 Å². The lowest BCUT2D eigenvalue weighted by atomic mass is 10.1. The van der Waals surface area contributed by atoms with E-state index < -0.39 is 17.6 Å². The topological polar surface area (TPSA) is 97.1 Å². The number of hydrogen-bond donors (Lipinski definition) is 2. The number of carbonyl (C=O) groups excluding carboxylic acids is 2. The van der Waals surface area contributed by atoms with Crippen LogP contribution in [0.3, 0.4) is 0 Å². The summed E-state index contributed by atoms with van der Waals surface area (Å²) in [6.45, 7) is 3.21. The van der Waals surface area contributed by atoms with Crippen molar-refractivity contribution < 1.29 is 18.5 Å². The summed E-state index contributed by atoms with van der Waals surface area (Å²) in [6.07, 6.45) is 0. The van der Waals surface area contributed by atoms with Gasteiger partial charge in [0.1, 0.15) is 32.7 Å². The third kappa shape index (κ3) is 4.12. The van der Waals surface area contributed by atoms with Crippen molar-refractivity contribution in [3.63, 3.8) is 0 Å². The Morgan fingerprint density at radius 1 is 1.03 bits per heavy atom. The van der Waals surface area contributed by atoms with Crippen LogP contribution >= 0.6 is 22.9 Å². The maximum atomic E-state index is 14.3. The molecule has 0 aliphatic carbocycles. The van der Waals surface area contributed by atoms with Crippen molar-refractivity contribution in [2.75, 3.05) is 0 Å². The molecule has 2 heterocycles. The summed E-state index contributed by atoms with van der Waals surface area (Å²) < 4.78 is 19.4. The van der Waals surface area contributed by atoms with Crippen molar-refractivity contribution in [2.24, 2.45) is 0 Å². The number of carbonyl (C=O) groups is 2. The van der Waals surface area contributed by atoms with E-state index in [9.17, 15) is 14.0 Å². The lowest BCUT2D eigenvalue weighted by Crippen LogP contribution is -2.41. The van der Waals surface area contributed by atoms with Gasteiger partial charge < -0.3 is 4.52 Å². The summed E-state index contributed by atoms with van der Waals surface area (Å²) in [4.78, 5) is 30.2. The van der Waals surface area contributed by atoms with E-state index in [1.54, 1.807) is 6.92 Å². The number of amides is 2. The summed E-state index contributed by atoms with van der Waals surface area (Å²) in [5, 5.41) is 4.54. The number of hydrazine groups is 1. The number of nitrogens with one attached hydrogen (secondary N) is 2. The van der Waals surface area contributed by atoms with Crippen LogP contribution in [0.5, 0.6) is 0 Å². The minimum absolute atomic E-state index is 0.0386. The lowest BCUT2D eigenvalue weighted by molar-refractivity contribution is 0.0847. The molecule has 0 aliphatic heterocycles. The zero-order chi connectivity index (χ0) is 22.8. The van der Waals surface area contributed by atoms with Gasteiger partial charge in [0.15, 0.2) is 0 Å². The Bertz CT molecular complexity index is 1300. The van der Waals surface area contributed by atoms with Gasteiger partial charge in [-0.25, -0.2) is 9.37 Å². The van der Waals surface area contributed by atoms with Crippen LogP contribution < -0.4 is 10.9 Å². The van der Waals surface area contributed by atoms with Crippen LogP contribution in [0.4, 0.5) is 4.39 Å². The van der Waals surface area contributed by atoms with E-state index in [2.05, 4.69) is 21.0 Å². The summed E-state index contributed by atoms with van der Waals surface area (Å²) >= 11 is 7.30. The molecular formula is C22H16ClFN4O3S. The van der Waals surface area contributed by atoms with Gasteiger partial charge in [-0.15, -0.1) is 11.3 Å². The second kappa shape index (κ2) is 8.89. The first-order valence-corrected chi connectivity index (χ1v) is 10.6. The molecule has 0 radical (unpaired) electrons. The molecule has 32 heavy (non-hydrogen) atoms. The highest BCUT2D eigenvalue weighted by molar-refractivity contribution is 7.17. The smallest absolute Gasteiger partial charge is 0.281 e. The molecule has 0 saturated heterocycles. The van der Waals surface area contributed by atoms with Gasteiger partial charge in [-0.2, -0.15) is 0 Å². The molecule has 0 fully saturated rings. The highest BCUT2D eigenvalue weighted by Crippen LogP contribution is 2.33. The summed E-state index contributed by atoms with van der Waals surface area (Å²) in [7, 11) is 0. The molecule has 2 aromatic carbocycles. The van der Waals surface area contributed by atoms with Gasteiger partial charge in [0, 0.05) is 5.56 Å². The third-order valence-electron chi connectivity index (χ3n) is 4.60. The fourth-order valence-corrected chi connectivity index (χ4v) is 4.30. The fourth-order valence-electron chi connectivity index (χ4n) is 3.08. The minimum atomic E-state index is -0.725. The average Bonchev–Trinajstić information content (AvgIpc) is 3.35. The van der Waals surface area contributed by atoms with Gasteiger partial charge in [-0.05, 0) is 26.0 Å². The molecule has 162 valence electrons. The maximum Gasteiger partial charge on any atom is 0.281 e. The van der Waals surface area contributed by atoms with Gasteiger partial charge in [0.2, 0.25) is 0 Å². The molecule has 2 amide bonds. The molecule has 0 spiro atoms. The molecule has 0 bridgehead atoms. The first-order valence-electron chi connectivity index (χ1n) is 9.41. The SMILES string of the molecule is Cc1nc(-c2ccccc2)sc1C(=O)NNC(=O)c1c(-c2c(F)cccc2Cl)noc1C. The Morgan fingerprint density at radius 2 is 1.75 bits per heavy atom. The summed E-state index contributed by atoms with van der Waals surface area (Å²) in [5.41, 5.74) is 5.94. The first-order chi connectivity index (χ1) is 15.4. The zero-order valence-corrected chi connectivity index (χ0v) is 18.5. The molecule has 0 saturated carbocycles. The van der Waals surface area contributed by atoms with Crippen molar-refractivity contribution in [3.8, 4) is 21.8 Å². The number of aromatic nitrogens is 2. The number of aryl methyl sites for hydroxylation is 2. The molecule has 0 atom stereocenters. The Kier molecular flexibility index (Phi) is 6.02. The molecular weight excluding hydrogens is 455 g/mol. The quantitative estimate of drug-likeness (QED) is 0.411. The molecule has 4 rings (SSSR count). The monoisotopic (exact) mass is 470 g/mol. The molecule has 4 aromatic rings. The van der Waals surface area contributed by atoms with E-state index >= 15 is 0 Å². The number of rotatable bonds is 4. The minimum Gasteiger partial charge on any atom is -0.360 e. The van der Waals surface area contributed by atoms with Crippen LogP contribution in [0.2, 0.25) is 5.02 Å². The van der Waals surface area contributed by atoms with Gasteiger partial charge in [0.05, 0.1) is 16.3 Å². The molecule has 2 aromatic heterocycles. The number of hydrogen-bond acceptors (Lipinski definition) is 6. The lowest BCUT2D eigenvalue weighted by Gasteiger charge is -2.08. The molecule has 0 unspecified atom stereocenters. The van der Waals surface area contributed by atoms with E-state index in [-0.39, 0.29) is 27.6 Å². The second-order valence-electron chi connectivity index (χ2n) is 6.77. The fraction of sp³-hybridized carbons (Fsp3) is 0.0909. The summed E-state index contributed by atoms with van der Waals surface area (Å²) in [5.74, 6) is -1.77. The van der Waals surface area contributed by atoms with E-state index in [4.69, 9.17) is 16.1 Å². The van der Waals surface area contributed by atoms with E-state index in [0.717, 1.165) is 5.56 Å². The Hall–Kier alpha value is -3.56. The van der Waals surface area contributed by atoms with Crippen LogP contribution in [0.15, 0.2) is 53.1 Å². The summed E-state index contributed by atoms with van der Waals surface area (Å²) in [6, 6.07) is 13.6. The van der Waals surface area contributed by atoms with Gasteiger partial charge in [-0.1, -0.05) is 53.2 Å².